The van der Waals surface area contributed by atoms with Gasteiger partial charge in [-0.05, 0) is 50.2 Å². The Morgan fingerprint density at radius 3 is 2.27 bits per heavy atom. The molecule has 0 bridgehead atoms. The Balaban J connectivity index is 1.99. The average molecular weight is 377 g/mol. The number of likely N-dealkylation sites (N-methyl/N-ethyl adjacent to an activating group) is 1. The predicted molar refractivity (Wildman–Crippen MR) is 98.1 cm³/mol. The quantitative estimate of drug-likeness (QED) is 0.747. The van der Waals surface area contributed by atoms with E-state index >= 15 is 0 Å². The molecule has 0 aliphatic carbocycles. The van der Waals surface area contributed by atoms with Gasteiger partial charge >= 0.3 is 0 Å². The van der Waals surface area contributed by atoms with Crippen molar-refractivity contribution >= 4 is 10.1 Å². The Hall–Kier alpha value is -2.09. The summed E-state index contributed by atoms with van der Waals surface area (Å²) in [5.41, 5.74) is 2.75. The summed E-state index contributed by atoms with van der Waals surface area (Å²) in [6.45, 7) is 2.58. The SMILES string of the molecule is COc1cc2c(cc1OC)C(OS(=O)(=O)c1ccc(C)cc1)N(C)CC2. The van der Waals surface area contributed by atoms with Crippen molar-refractivity contribution in [2.75, 3.05) is 27.8 Å². The lowest BCUT2D eigenvalue weighted by atomic mass is 9.97. The number of hydrogen-bond acceptors (Lipinski definition) is 6. The Labute approximate surface area is 154 Å². The van der Waals surface area contributed by atoms with Crippen LogP contribution in [0.4, 0.5) is 0 Å². The molecule has 26 heavy (non-hydrogen) atoms. The average Bonchev–Trinajstić information content (AvgIpc) is 2.63. The van der Waals surface area contributed by atoms with Gasteiger partial charge < -0.3 is 9.47 Å². The molecule has 0 radical (unpaired) electrons. The minimum absolute atomic E-state index is 0.143. The fourth-order valence-electron chi connectivity index (χ4n) is 3.04. The molecule has 6 nitrogen and oxygen atoms in total. The summed E-state index contributed by atoms with van der Waals surface area (Å²) < 4.78 is 41.8. The standard InChI is InChI=1S/C19H23NO5S/c1-13-5-7-15(8-6-13)26(21,22)25-19-16-12-18(24-4)17(23-3)11-14(16)9-10-20(19)2/h5-8,11-12,19H,9-10H2,1-4H3. The summed E-state index contributed by atoms with van der Waals surface area (Å²) in [5, 5.41) is 0. The molecule has 0 saturated carbocycles. The number of nitrogens with zero attached hydrogens (tertiary/aromatic N) is 1. The third kappa shape index (κ3) is 3.56. The van der Waals surface area contributed by atoms with Crippen molar-refractivity contribution in [3.8, 4) is 11.5 Å². The molecule has 7 heteroatoms. The molecule has 0 spiro atoms. The predicted octanol–water partition coefficient (Wildman–Crippen LogP) is 2.90. The van der Waals surface area contributed by atoms with Gasteiger partial charge in [-0.3, -0.25) is 4.90 Å². The van der Waals surface area contributed by atoms with Gasteiger partial charge in [0.25, 0.3) is 10.1 Å². The van der Waals surface area contributed by atoms with Crippen molar-refractivity contribution in [2.24, 2.45) is 0 Å². The first-order valence-electron chi connectivity index (χ1n) is 8.30. The lowest BCUT2D eigenvalue weighted by molar-refractivity contribution is 0.0409. The Morgan fingerprint density at radius 2 is 1.65 bits per heavy atom. The minimum atomic E-state index is -3.90. The zero-order valence-electron chi connectivity index (χ0n) is 15.4. The van der Waals surface area contributed by atoms with Crippen LogP contribution in [-0.2, 0) is 20.7 Å². The molecule has 1 atom stereocenters. The van der Waals surface area contributed by atoms with Crippen molar-refractivity contribution in [3.63, 3.8) is 0 Å². The van der Waals surface area contributed by atoms with E-state index in [1.54, 1.807) is 44.6 Å². The highest BCUT2D eigenvalue weighted by Crippen LogP contribution is 2.39. The second kappa shape index (κ2) is 7.26. The van der Waals surface area contributed by atoms with Gasteiger partial charge in [-0.15, -0.1) is 0 Å². The van der Waals surface area contributed by atoms with Gasteiger partial charge in [-0.25, -0.2) is 4.18 Å². The second-order valence-electron chi connectivity index (χ2n) is 6.35. The summed E-state index contributed by atoms with van der Waals surface area (Å²) in [5.74, 6) is 1.17. The Kier molecular flexibility index (Phi) is 5.22. The topological polar surface area (TPSA) is 65.1 Å². The van der Waals surface area contributed by atoms with Gasteiger partial charge in [0, 0.05) is 12.1 Å². The maximum atomic E-state index is 12.7. The normalized spacial score (nSPS) is 17.6. The van der Waals surface area contributed by atoms with Crippen LogP contribution in [0.3, 0.4) is 0 Å². The number of ether oxygens (including phenoxy) is 2. The van der Waals surface area contributed by atoms with Gasteiger partial charge in [0.1, 0.15) is 0 Å². The van der Waals surface area contributed by atoms with E-state index in [4.69, 9.17) is 13.7 Å². The highest BCUT2D eigenvalue weighted by atomic mass is 32.2. The van der Waals surface area contributed by atoms with Crippen molar-refractivity contribution in [1.82, 2.24) is 4.90 Å². The van der Waals surface area contributed by atoms with Gasteiger partial charge in [-0.1, -0.05) is 17.7 Å². The van der Waals surface area contributed by atoms with Gasteiger partial charge in [0.15, 0.2) is 17.7 Å². The third-order valence-corrected chi connectivity index (χ3v) is 5.86. The van der Waals surface area contributed by atoms with E-state index in [2.05, 4.69) is 0 Å². The fraction of sp³-hybridized carbons (Fsp3) is 0.368. The summed E-state index contributed by atoms with van der Waals surface area (Å²) in [6.07, 6.45) is 0.0567. The molecule has 0 amide bonds. The maximum absolute atomic E-state index is 12.7. The van der Waals surface area contributed by atoms with Crippen LogP contribution in [0, 0.1) is 6.92 Å². The molecule has 0 N–H and O–H groups in total. The van der Waals surface area contributed by atoms with Crippen LogP contribution < -0.4 is 9.47 Å². The molecule has 3 rings (SSSR count). The third-order valence-electron chi connectivity index (χ3n) is 4.57. The lowest BCUT2D eigenvalue weighted by Crippen LogP contribution is -2.35. The van der Waals surface area contributed by atoms with E-state index in [0.717, 1.165) is 23.1 Å². The number of methoxy groups -OCH3 is 2. The monoisotopic (exact) mass is 377 g/mol. The highest BCUT2D eigenvalue weighted by Gasteiger charge is 2.32. The maximum Gasteiger partial charge on any atom is 0.298 e. The fourth-order valence-corrected chi connectivity index (χ4v) is 4.11. The van der Waals surface area contributed by atoms with E-state index < -0.39 is 16.3 Å². The smallest absolute Gasteiger partial charge is 0.298 e. The summed E-state index contributed by atoms with van der Waals surface area (Å²) in [7, 11) is 1.07. The number of hydrogen-bond donors (Lipinski definition) is 0. The number of aryl methyl sites for hydroxylation is 1. The second-order valence-corrected chi connectivity index (χ2v) is 7.92. The molecule has 1 aliphatic rings. The molecule has 140 valence electrons. The van der Waals surface area contributed by atoms with Gasteiger partial charge in [0.2, 0.25) is 0 Å². The summed E-state index contributed by atoms with van der Waals surface area (Å²) in [4.78, 5) is 2.02. The van der Waals surface area contributed by atoms with E-state index in [1.165, 1.54) is 0 Å². The molecule has 0 fully saturated rings. The number of benzene rings is 2. The van der Waals surface area contributed by atoms with E-state index in [1.807, 2.05) is 24.9 Å². The molecule has 0 saturated heterocycles. The van der Waals surface area contributed by atoms with Crippen molar-refractivity contribution in [2.45, 2.75) is 24.5 Å². The number of rotatable bonds is 5. The first-order chi connectivity index (χ1) is 12.4. The molecule has 2 aromatic carbocycles. The summed E-state index contributed by atoms with van der Waals surface area (Å²) in [6, 6.07) is 10.3. The molecule has 1 aliphatic heterocycles. The molecule has 1 heterocycles. The van der Waals surface area contributed by atoms with Crippen molar-refractivity contribution in [1.29, 1.82) is 0 Å². The van der Waals surface area contributed by atoms with Crippen LogP contribution in [0.2, 0.25) is 0 Å². The molecular weight excluding hydrogens is 354 g/mol. The van der Waals surface area contributed by atoms with Crippen LogP contribution >= 0.6 is 0 Å². The molecule has 1 unspecified atom stereocenters. The zero-order chi connectivity index (χ0) is 18.9. The van der Waals surface area contributed by atoms with Crippen LogP contribution in [0.15, 0.2) is 41.3 Å². The minimum Gasteiger partial charge on any atom is -0.493 e. The van der Waals surface area contributed by atoms with E-state index in [9.17, 15) is 8.42 Å². The first kappa shape index (κ1) is 18.7. The highest BCUT2D eigenvalue weighted by molar-refractivity contribution is 7.86. The molecule has 2 aromatic rings. The molecular formula is C19H23NO5S. The van der Waals surface area contributed by atoms with Crippen LogP contribution in [0.25, 0.3) is 0 Å². The van der Waals surface area contributed by atoms with Crippen LogP contribution in [0.5, 0.6) is 11.5 Å². The lowest BCUT2D eigenvalue weighted by Gasteiger charge is -2.34. The summed E-state index contributed by atoms with van der Waals surface area (Å²) >= 11 is 0. The van der Waals surface area contributed by atoms with Crippen molar-refractivity contribution < 1.29 is 22.1 Å². The Bertz CT molecular complexity index is 893. The largest absolute Gasteiger partial charge is 0.493 e. The first-order valence-corrected chi connectivity index (χ1v) is 9.71. The molecule has 0 aromatic heterocycles. The van der Waals surface area contributed by atoms with Crippen LogP contribution in [0.1, 0.15) is 22.9 Å². The zero-order valence-corrected chi connectivity index (χ0v) is 16.2. The van der Waals surface area contributed by atoms with Crippen LogP contribution in [-0.4, -0.2) is 41.1 Å². The van der Waals surface area contributed by atoms with E-state index in [0.29, 0.717) is 18.0 Å². The van der Waals surface area contributed by atoms with E-state index in [-0.39, 0.29) is 4.90 Å². The number of fused-ring (bicyclic) bond motifs is 1. The van der Waals surface area contributed by atoms with Gasteiger partial charge in [-0.2, -0.15) is 8.42 Å². The van der Waals surface area contributed by atoms with Gasteiger partial charge in [0.05, 0.1) is 19.1 Å². The van der Waals surface area contributed by atoms with Crippen molar-refractivity contribution in [3.05, 3.63) is 53.1 Å². The Morgan fingerprint density at radius 1 is 1.04 bits per heavy atom.